The van der Waals surface area contributed by atoms with Crippen molar-refractivity contribution in [2.75, 3.05) is 19.6 Å². The summed E-state index contributed by atoms with van der Waals surface area (Å²) in [6, 6.07) is 13.0. The molecule has 0 spiro atoms. The Morgan fingerprint density at radius 1 is 1.22 bits per heavy atom. The number of rotatable bonds is 8. The number of carbonyl (C=O) groups excluding carboxylic acids is 1. The van der Waals surface area contributed by atoms with Crippen molar-refractivity contribution in [3.63, 3.8) is 0 Å². The van der Waals surface area contributed by atoms with Crippen LogP contribution in [0.3, 0.4) is 0 Å². The summed E-state index contributed by atoms with van der Waals surface area (Å²) >= 11 is 7.54. The molecular weight excluding hydrogens is 522 g/mol. The Bertz CT molecular complexity index is 1410. The van der Waals surface area contributed by atoms with Gasteiger partial charge in [0.15, 0.2) is 0 Å². The van der Waals surface area contributed by atoms with Gasteiger partial charge in [-0.1, -0.05) is 42.8 Å². The van der Waals surface area contributed by atoms with E-state index in [1.165, 1.54) is 17.0 Å². The number of hydrogen-bond donors (Lipinski definition) is 0. The Kier molecular flexibility index (Phi) is 7.79. The maximum absolute atomic E-state index is 13.7. The molecule has 0 fully saturated rings. The zero-order valence-electron chi connectivity index (χ0n) is 19.9. The minimum absolute atomic E-state index is 0.0943. The van der Waals surface area contributed by atoms with Gasteiger partial charge in [0.1, 0.15) is 5.02 Å². The molecule has 1 aliphatic heterocycles. The van der Waals surface area contributed by atoms with E-state index < -0.39 is 20.6 Å². The van der Waals surface area contributed by atoms with Crippen LogP contribution in [0.1, 0.15) is 41.0 Å². The van der Waals surface area contributed by atoms with Crippen LogP contribution in [0, 0.1) is 17.0 Å². The van der Waals surface area contributed by atoms with Crippen molar-refractivity contribution in [2.45, 2.75) is 37.6 Å². The van der Waals surface area contributed by atoms with Crippen LogP contribution in [0.25, 0.3) is 0 Å². The largest absolute Gasteiger partial charge is 0.330 e. The first kappa shape index (κ1) is 26.3. The van der Waals surface area contributed by atoms with Crippen LogP contribution < -0.4 is 0 Å². The molecule has 2 heterocycles. The van der Waals surface area contributed by atoms with Gasteiger partial charge in [0.05, 0.1) is 22.4 Å². The van der Waals surface area contributed by atoms with Crippen molar-refractivity contribution >= 4 is 44.6 Å². The van der Waals surface area contributed by atoms with Crippen LogP contribution in [-0.2, 0) is 21.2 Å². The second-order valence-corrected chi connectivity index (χ2v) is 12.0. The number of fused-ring (bicyclic) bond motifs is 1. The molecule has 190 valence electrons. The third-order valence-electron chi connectivity index (χ3n) is 6.31. The predicted octanol–water partition coefficient (Wildman–Crippen LogP) is 5.19. The number of amides is 1. The van der Waals surface area contributed by atoms with Crippen LogP contribution in [0.5, 0.6) is 0 Å². The lowest BCUT2D eigenvalue weighted by Crippen LogP contribution is -2.47. The topological polar surface area (TPSA) is 101 Å². The monoisotopic (exact) mass is 547 g/mol. The van der Waals surface area contributed by atoms with Gasteiger partial charge in [-0.2, -0.15) is 4.31 Å². The molecule has 2 aromatic carbocycles. The number of nitro benzene ring substituents is 1. The molecule has 36 heavy (non-hydrogen) atoms. The Labute approximate surface area is 219 Å². The van der Waals surface area contributed by atoms with Crippen molar-refractivity contribution in [3.05, 3.63) is 90.6 Å². The molecule has 0 N–H and O–H groups in total. The molecule has 3 aromatic rings. The first-order valence-corrected chi connectivity index (χ1v) is 14.2. The van der Waals surface area contributed by atoms with E-state index >= 15 is 0 Å². The SMILES string of the molecule is CCCN(CC(=O)N1CCc2sccc2[C@@H]1c1ccccc1C)S(=O)(=O)c1ccc(Cl)c([N+](=O)[O-])c1. The molecular formula is C25H26ClN3O5S2. The van der Waals surface area contributed by atoms with Crippen LogP contribution in [0.15, 0.2) is 58.8 Å². The van der Waals surface area contributed by atoms with Crippen molar-refractivity contribution in [1.29, 1.82) is 0 Å². The van der Waals surface area contributed by atoms with Crippen molar-refractivity contribution in [1.82, 2.24) is 9.21 Å². The average molecular weight is 548 g/mol. The molecule has 0 saturated carbocycles. The number of aryl methyl sites for hydroxylation is 1. The molecule has 8 nitrogen and oxygen atoms in total. The lowest BCUT2D eigenvalue weighted by Gasteiger charge is -2.38. The quantitative estimate of drug-likeness (QED) is 0.285. The number of nitro groups is 1. The van der Waals surface area contributed by atoms with Gasteiger partial charge >= 0.3 is 0 Å². The summed E-state index contributed by atoms with van der Waals surface area (Å²) in [6.45, 7) is 4.01. The highest BCUT2D eigenvalue weighted by Gasteiger charge is 2.36. The standard InChI is InChI=1S/C25H26ClN3O5S2/c1-3-12-27(36(33,34)18-8-9-21(26)22(15-18)29(31)32)16-24(30)28-13-10-23-20(11-14-35-23)25(28)19-7-5-4-6-17(19)2/h4-9,11,14-15,25H,3,10,12-13,16H2,1-2H3/t25-/m0/s1. The van der Waals surface area contributed by atoms with Gasteiger partial charge in [0, 0.05) is 24.0 Å². The van der Waals surface area contributed by atoms with E-state index in [1.807, 2.05) is 49.6 Å². The molecule has 11 heteroatoms. The molecule has 1 aromatic heterocycles. The first-order chi connectivity index (χ1) is 17.1. The van der Waals surface area contributed by atoms with E-state index in [-0.39, 0.29) is 35.0 Å². The van der Waals surface area contributed by atoms with Gasteiger partial charge in [-0.05, 0) is 60.0 Å². The smallest absolute Gasteiger partial charge is 0.289 e. The summed E-state index contributed by atoms with van der Waals surface area (Å²) in [5.74, 6) is -0.319. The highest BCUT2D eigenvalue weighted by Crippen LogP contribution is 2.39. The highest BCUT2D eigenvalue weighted by atomic mass is 35.5. The van der Waals surface area contributed by atoms with E-state index in [1.54, 1.807) is 16.2 Å². The van der Waals surface area contributed by atoms with Gasteiger partial charge in [-0.25, -0.2) is 8.42 Å². The van der Waals surface area contributed by atoms with Crippen molar-refractivity contribution in [2.24, 2.45) is 0 Å². The number of hydrogen-bond acceptors (Lipinski definition) is 6. The zero-order valence-corrected chi connectivity index (χ0v) is 22.3. The predicted molar refractivity (Wildman–Crippen MR) is 140 cm³/mol. The summed E-state index contributed by atoms with van der Waals surface area (Å²) in [5.41, 5.74) is 2.61. The Hall–Kier alpha value is -2.79. The zero-order chi connectivity index (χ0) is 26.0. The fourth-order valence-electron chi connectivity index (χ4n) is 4.53. The van der Waals surface area contributed by atoms with E-state index in [0.29, 0.717) is 19.4 Å². The third-order valence-corrected chi connectivity index (χ3v) is 9.46. The van der Waals surface area contributed by atoms with Gasteiger partial charge in [-0.15, -0.1) is 11.3 Å². The summed E-state index contributed by atoms with van der Waals surface area (Å²) in [6.07, 6.45) is 1.17. The number of thiophene rings is 1. The second kappa shape index (κ2) is 10.7. The maximum Gasteiger partial charge on any atom is 0.289 e. The highest BCUT2D eigenvalue weighted by molar-refractivity contribution is 7.89. The Balaban J connectivity index is 1.68. The van der Waals surface area contributed by atoms with E-state index in [0.717, 1.165) is 27.1 Å². The Morgan fingerprint density at radius 3 is 2.67 bits per heavy atom. The number of nitrogens with zero attached hydrogens (tertiary/aromatic N) is 3. The van der Waals surface area contributed by atoms with E-state index in [9.17, 15) is 23.3 Å². The average Bonchev–Trinajstić information content (AvgIpc) is 3.32. The van der Waals surface area contributed by atoms with Crippen molar-refractivity contribution in [3.8, 4) is 0 Å². The summed E-state index contributed by atoms with van der Waals surface area (Å²) < 4.78 is 28.1. The normalized spacial score (nSPS) is 15.7. The molecule has 0 aliphatic carbocycles. The number of benzene rings is 2. The van der Waals surface area contributed by atoms with Crippen molar-refractivity contribution < 1.29 is 18.1 Å². The summed E-state index contributed by atoms with van der Waals surface area (Å²) in [5, 5.41) is 13.2. The van der Waals surface area contributed by atoms with E-state index in [4.69, 9.17) is 11.6 Å². The van der Waals surface area contributed by atoms with Crippen LogP contribution in [-0.4, -0.2) is 48.1 Å². The fraction of sp³-hybridized carbons (Fsp3) is 0.320. The first-order valence-electron chi connectivity index (χ1n) is 11.5. The lowest BCUT2D eigenvalue weighted by atomic mass is 9.90. The van der Waals surface area contributed by atoms with E-state index in [2.05, 4.69) is 0 Å². The van der Waals surface area contributed by atoms with Gasteiger partial charge in [-0.3, -0.25) is 14.9 Å². The van der Waals surface area contributed by atoms with Gasteiger partial charge in [0.25, 0.3) is 5.69 Å². The molecule has 1 amide bonds. The van der Waals surface area contributed by atoms with Crippen LogP contribution >= 0.6 is 22.9 Å². The van der Waals surface area contributed by atoms with Crippen LogP contribution in [0.2, 0.25) is 5.02 Å². The molecule has 1 atom stereocenters. The van der Waals surface area contributed by atoms with Crippen LogP contribution in [0.4, 0.5) is 5.69 Å². The number of sulfonamides is 1. The second-order valence-electron chi connectivity index (χ2n) is 8.60. The Morgan fingerprint density at radius 2 is 1.97 bits per heavy atom. The molecule has 0 bridgehead atoms. The summed E-state index contributed by atoms with van der Waals surface area (Å²) in [4.78, 5) is 27.0. The summed E-state index contributed by atoms with van der Waals surface area (Å²) in [7, 11) is -4.18. The maximum atomic E-state index is 13.7. The molecule has 0 radical (unpaired) electrons. The third kappa shape index (κ3) is 5.04. The van der Waals surface area contributed by atoms with Gasteiger partial charge in [0.2, 0.25) is 15.9 Å². The molecule has 0 saturated heterocycles. The van der Waals surface area contributed by atoms with Gasteiger partial charge < -0.3 is 4.90 Å². The minimum Gasteiger partial charge on any atom is -0.330 e. The fourth-order valence-corrected chi connectivity index (χ4v) is 7.12. The number of carbonyl (C=O) groups is 1. The molecule has 1 aliphatic rings. The lowest BCUT2D eigenvalue weighted by molar-refractivity contribution is -0.384. The molecule has 0 unspecified atom stereocenters. The minimum atomic E-state index is -4.18. The number of halogens is 1. The molecule has 4 rings (SSSR count).